The third kappa shape index (κ3) is 2.67. The maximum Gasteiger partial charge on any atom is 0.153 e. The molecular formula is C15H20FN3. The molecule has 4 heteroatoms. The van der Waals surface area contributed by atoms with Crippen LogP contribution >= 0.6 is 0 Å². The highest BCUT2D eigenvalue weighted by Crippen LogP contribution is 2.26. The zero-order valence-corrected chi connectivity index (χ0v) is 12.1. The Kier molecular flexibility index (Phi) is 3.43. The van der Waals surface area contributed by atoms with Crippen LogP contribution in [0.15, 0.2) is 24.3 Å². The van der Waals surface area contributed by atoms with Gasteiger partial charge in [-0.3, -0.25) is 0 Å². The molecule has 2 rings (SSSR count). The highest BCUT2D eigenvalue weighted by atomic mass is 19.1. The molecule has 0 aliphatic carbocycles. The molecule has 1 aromatic heterocycles. The molecule has 0 N–H and O–H groups in total. The van der Waals surface area contributed by atoms with E-state index < -0.39 is 0 Å². The van der Waals surface area contributed by atoms with E-state index in [9.17, 15) is 4.39 Å². The van der Waals surface area contributed by atoms with E-state index >= 15 is 0 Å². The molecule has 102 valence electrons. The highest BCUT2D eigenvalue weighted by molar-refractivity contribution is 5.34. The summed E-state index contributed by atoms with van der Waals surface area (Å²) >= 11 is 0. The summed E-state index contributed by atoms with van der Waals surface area (Å²) in [5.41, 5.74) is 0.259. The molecule has 0 aliphatic rings. The van der Waals surface area contributed by atoms with Gasteiger partial charge in [-0.05, 0) is 12.1 Å². The van der Waals surface area contributed by atoms with E-state index in [0.717, 1.165) is 11.6 Å². The van der Waals surface area contributed by atoms with Gasteiger partial charge in [0.05, 0.1) is 0 Å². The van der Waals surface area contributed by atoms with E-state index in [0.29, 0.717) is 5.69 Å². The summed E-state index contributed by atoms with van der Waals surface area (Å²) in [6, 6.07) is 6.65. The van der Waals surface area contributed by atoms with Crippen molar-refractivity contribution in [3.8, 4) is 5.69 Å². The van der Waals surface area contributed by atoms with E-state index in [1.807, 2.05) is 19.9 Å². The Morgan fingerprint density at radius 1 is 1.16 bits per heavy atom. The predicted molar refractivity (Wildman–Crippen MR) is 74.1 cm³/mol. The fourth-order valence-corrected chi connectivity index (χ4v) is 1.85. The zero-order chi connectivity index (χ0) is 14.2. The van der Waals surface area contributed by atoms with Crippen LogP contribution in [-0.2, 0) is 5.41 Å². The first-order chi connectivity index (χ1) is 8.80. The Balaban J connectivity index is 2.65. The molecule has 0 aliphatic heterocycles. The Morgan fingerprint density at radius 3 is 2.32 bits per heavy atom. The van der Waals surface area contributed by atoms with Gasteiger partial charge in [-0.2, -0.15) is 5.10 Å². The lowest BCUT2D eigenvalue weighted by Crippen LogP contribution is -2.19. The van der Waals surface area contributed by atoms with E-state index in [4.69, 9.17) is 0 Å². The molecular weight excluding hydrogens is 241 g/mol. The van der Waals surface area contributed by atoms with Crippen molar-refractivity contribution in [1.82, 2.24) is 14.8 Å². The summed E-state index contributed by atoms with van der Waals surface area (Å²) < 4.78 is 15.6. The van der Waals surface area contributed by atoms with Crippen LogP contribution in [0.4, 0.5) is 4.39 Å². The maximum absolute atomic E-state index is 14.0. The van der Waals surface area contributed by atoms with Crippen molar-refractivity contribution in [2.24, 2.45) is 0 Å². The van der Waals surface area contributed by atoms with Crippen LogP contribution < -0.4 is 0 Å². The van der Waals surface area contributed by atoms with Crippen molar-refractivity contribution in [3.63, 3.8) is 0 Å². The van der Waals surface area contributed by atoms with Crippen LogP contribution in [-0.4, -0.2) is 14.8 Å². The summed E-state index contributed by atoms with van der Waals surface area (Å²) in [6.45, 7) is 10.2. The number of para-hydroxylation sites is 1. The van der Waals surface area contributed by atoms with Crippen LogP contribution in [0.5, 0.6) is 0 Å². The predicted octanol–water partition coefficient (Wildman–Crippen LogP) is 3.83. The minimum atomic E-state index is -0.284. The molecule has 0 saturated heterocycles. The molecule has 0 bridgehead atoms. The Bertz CT molecular complexity index is 579. The normalized spacial score (nSPS) is 12.2. The Morgan fingerprint density at radius 2 is 1.79 bits per heavy atom. The highest BCUT2D eigenvalue weighted by Gasteiger charge is 2.25. The fraction of sp³-hybridized carbons (Fsp3) is 0.467. The maximum atomic E-state index is 14.0. The second-order valence-corrected chi connectivity index (χ2v) is 6.06. The molecule has 0 fully saturated rings. The first-order valence-electron chi connectivity index (χ1n) is 6.53. The molecule has 0 radical (unpaired) electrons. The summed E-state index contributed by atoms with van der Waals surface area (Å²) in [5, 5.41) is 4.47. The second-order valence-electron chi connectivity index (χ2n) is 6.06. The van der Waals surface area contributed by atoms with Crippen LogP contribution in [0.3, 0.4) is 0 Å². The van der Waals surface area contributed by atoms with Gasteiger partial charge in [0.25, 0.3) is 0 Å². The smallest absolute Gasteiger partial charge is 0.153 e. The standard InChI is InChI=1S/C15H20FN3/c1-10(2)13-17-14(15(3,4)5)19(18-13)12-9-7-6-8-11(12)16/h6-10H,1-5H3. The van der Waals surface area contributed by atoms with E-state index in [-0.39, 0.29) is 17.2 Å². The SMILES string of the molecule is CC(C)c1nc(C(C)(C)C)n(-c2ccccc2F)n1. The third-order valence-corrected chi connectivity index (χ3v) is 2.89. The lowest BCUT2D eigenvalue weighted by atomic mass is 9.95. The Labute approximate surface area is 113 Å². The van der Waals surface area contributed by atoms with Crippen molar-refractivity contribution >= 4 is 0 Å². The van der Waals surface area contributed by atoms with Gasteiger partial charge < -0.3 is 0 Å². The number of halogens is 1. The van der Waals surface area contributed by atoms with Gasteiger partial charge in [-0.15, -0.1) is 0 Å². The van der Waals surface area contributed by atoms with Crippen LogP contribution in [0, 0.1) is 5.82 Å². The van der Waals surface area contributed by atoms with Gasteiger partial charge in [0.1, 0.15) is 17.3 Å². The molecule has 0 amide bonds. The molecule has 0 spiro atoms. The van der Waals surface area contributed by atoms with Crippen molar-refractivity contribution < 1.29 is 4.39 Å². The van der Waals surface area contributed by atoms with Crippen LogP contribution in [0.25, 0.3) is 5.69 Å². The van der Waals surface area contributed by atoms with Gasteiger partial charge in [0, 0.05) is 11.3 Å². The van der Waals surface area contributed by atoms with E-state index in [2.05, 4.69) is 30.9 Å². The van der Waals surface area contributed by atoms with E-state index in [1.165, 1.54) is 6.07 Å². The van der Waals surface area contributed by atoms with Crippen LogP contribution in [0.2, 0.25) is 0 Å². The zero-order valence-electron chi connectivity index (χ0n) is 12.1. The topological polar surface area (TPSA) is 30.7 Å². The average molecular weight is 261 g/mol. The molecule has 0 saturated carbocycles. The molecule has 1 heterocycles. The largest absolute Gasteiger partial charge is 0.215 e. The minimum Gasteiger partial charge on any atom is -0.215 e. The lowest BCUT2D eigenvalue weighted by molar-refractivity contribution is 0.517. The lowest BCUT2D eigenvalue weighted by Gasteiger charge is -2.18. The molecule has 0 unspecified atom stereocenters. The number of rotatable bonds is 2. The quantitative estimate of drug-likeness (QED) is 0.822. The van der Waals surface area contributed by atoms with Gasteiger partial charge in [0.15, 0.2) is 5.82 Å². The van der Waals surface area contributed by atoms with Crippen molar-refractivity contribution in [2.45, 2.75) is 46.0 Å². The monoisotopic (exact) mass is 261 g/mol. The molecule has 0 atom stereocenters. The average Bonchev–Trinajstić information content (AvgIpc) is 2.74. The first kappa shape index (κ1) is 13.7. The van der Waals surface area contributed by atoms with Gasteiger partial charge in [-0.1, -0.05) is 46.8 Å². The van der Waals surface area contributed by atoms with Gasteiger partial charge >= 0.3 is 0 Å². The minimum absolute atomic E-state index is 0.192. The molecule has 3 nitrogen and oxygen atoms in total. The number of benzene rings is 1. The van der Waals surface area contributed by atoms with Gasteiger partial charge in [0.2, 0.25) is 0 Å². The van der Waals surface area contributed by atoms with Crippen molar-refractivity contribution in [1.29, 1.82) is 0 Å². The summed E-state index contributed by atoms with van der Waals surface area (Å²) in [7, 11) is 0. The third-order valence-electron chi connectivity index (χ3n) is 2.89. The molecule has 19 heavy (non-hydrogen) atoms. The first-order valence-corrected chi connectivity index (χ1v) is 6.53. The van der Waals surface area contributed by atoms with Crippen LogP contribution in [0.1, 0.15) is 52.2 Å². The number of hydrogen-bond acceptors (Lipinski definition) is 2. The van der Waals surface area contributed by atoms with Gasteiger partial charge in [-0.25, -0.2) is 14.1 Å². The second kappa shape index (κ2) is 4.76. The summed E-state index contributed by atoms with van der Waals surface area (Å²) in [4.78, 5) is 4.58. The number of aromatic nitrogens is 3. The number of nitrogens with zero attached hydrogens (tertiary/aromatic N) is 3. The van der Waals surface area contributed by atoms with E-state index in [1.54, 1.807) is 16.8 Å². The molecule has 1 aromatic carbocycles. The van der Waals surface area contributed by atoms with Crippen molar-refractivity contribution in [2.75, 3.05) is 0 Å². The Hall–Kier alpha value is -1.71. The molecule has 2 aromatic rings. The fourth-order valence-electron chi connectivity index (χ4n) is 1.85. The number of hydrogen-bond donors (Lipinski definition) is 0. The van der Waals surface area contributed by atoms with Crippen molar-refractivity contribution in [3.05, 3.63) is 41.7 Å². The summed E-state index contributed by atoms with van der Waals surface area (Å²) in [6.07, 6.45) is 0. The summed E-state index contributed by atoms with van der Waals surface area (Å²) in [5.74, 6) is 1.46.